The fourth-order valence-electron chi connectivity index (χ4n) is 1.87. The Bertz CT molecular complexity index is 262. The average molecular weight is 227 g/mol. The molecule has 1 rings (SSSR count). The zero-order valence-electron chi connectivity index (χ0n) is 9.70. The summed E-state index contributed by atoms with van der Waals surface area (Å²) in [6.45, 7) is 6.39. The molecular formula is C11H21N3O2. The minimum absolute atomic E-state index is 0.0295. The summed E-state index contributed by atoms with van der Waals surface area (Å²) in [5.41, 5.74) is 5.77. The minimum Gasteiger partial charge on any atom is -0.401 e. The monoisotopic (exact) mass is 227 g/mol. The van der Waals surface area contributed by atoms with E-state index < -0.39 is 12.0 Å². The molecule has 1 aliphatic heterocycles. The number of carbonyl (C=O) groups is 1. The first kappa shape index (κ1) is 13.0. The molecule has 1 heterocycles. The average Bonchev–Trinajstić information content (AvgIpc) is 2.77. The first-order valence-corrected chi connectivity index (χ1v) is 5.64. The summed E-state index contributed by atoms with van der Waals surface area (Å²) in [5, 5.41) is 15.8. The second kappa shape index (κ2) is 5.86. The van der Waals surface area contributed by atoms with Gasteiger partial charge in [-0.05, 0) is 19.4 Å². The normalized spacial score (nSPS) is 23.8. The van der Waals surface area contributed by atoms with Gasteiger partial charge in [-0.1, -0.05) is 13.5 Å². The number of hydrogen-bond donors (Lipinski definition) is 4. The van der Waals surface area contributed by atoms with Gasteiger partial charge in [0.05, 0.1) is 18.6 Å². The Morgan fingerprint density at radius 1 is 1.75 bits per heavy atom. The number of hydrogen-bond acceptors (Lipinski definition) is 4. The molecule has 0 spiro atoms. The molecule has 3 unspecified atom stereocenters. The second-order valence-corrected chi connectivity index (χ2v) is 4.36. The molecule has 3 atom stereocenters. The fraction of sp³-hybridized carbons (Fsp3) is 0.727. The third-order valence-electron chi connectivity index (χ3n) is 2.93. The van der Waals surface area contributed by atoms with Crippen LogP contribution in [0, 0.1) is 5.92 Å². The third-order valence-corrected chi connectivity index (χ3v) is 2.93. The van der Waals surface area contributed by atoms with E-state index >= 15 is 0 Å². The van der Waals surface area contributed by atoms with Crippen molar-refractivity contribution in [3.63, 3.8) is 0 Å². The van der Waals surface area contributed by atoms with E-state index in [1.54, 1.807) is 6.92 Å². The predicted octanol–water partition coefficient (Wildman–Crippen LogP) is -0.676. The molecule has 0 aromatic carbocycles. The van der Waals surface area contributed by atoms with E-state index in [2.05, 4.69) is 17.2 Å². The van der Waals surface area contributed by atoms with Crippen molar-refractivity contribution in [3.05, 3.63) is 12.3 Å². The van der Waals surface area contributed by atoms with Crippen molar-refractivity contribution < 1.29 is 9.90 Å². The van der Waals surface area contributed by atoms with Crippen molar-refractivity contribution >= 4 is 5.91 Å². The summed E-state index contributed by atoms with van der Waals surface area (Å²) in [5.74, 6) is -0.622. The van der Waals surface area contributed by atoms with Crippen LogP contribution in [0.2, 0.25) is 0 Å². The van der Waals surface area contributed by atoms with Crippen molar-refractivity contribution in [2.75, 3.05) is 13.1 Å². The van der Waals surface area contributed by atoms with Crippen LogP contribution >= 0.6 is 0 Å². The van der Waals surface area contributed by atoms with E-state index in [1.807, 2.05) is 0 Å². The molecule has 5 heteroatoms. The highest BCUT2D eigenvalue weighted by molar-refractivity contribution is 5.79. The summed E-state index contributed by atoms with van der Waals surface area (Å²) < 4.78 is 0. The topological polar surface area (TPSA) is 87.4 Å². The van der Waals surface area contributed by atoms with E-state index in [-0.39, 0.29) is 18.5 Å². The van der Waals surface area contributed by atoms with Gasteiger partial charge in [0.15, 0.2) is 0 Å². The van der Waals surface area contributed by atoms with Crippen molar-refractivity contribution in [1.82, 2.24) is 10.6 Å². The van der Waals surface area contributed by atoms with Crippen LogP contribution in [-0.2, 0) is 4.79 Å². The zero-order valence-corrected chi connectivity index (χ0v) is 9.70. The van der Waals surface area contributed by atoms with Crippen LogP contribution in [0.25, 0.3) is 0 Å². The minimum atomic E-state index is -0.645. The Kier molecular flexibility index (Phi) is 4.76. The molecule has 5 N–H and O–H groups in total. The van der Waals surface area contributed by atoms with Crippen molar-refractivity contribution in [2.24, 2.45) is 11.7 Å². The van der Waals surface area contributed by atoms with E-state index in [9.17, 15) is 9.90 Å². The lowest BCUT2D eigenvalue weighted by Gasteiger charge is -2.23. The van der Waals surface area contributed by atoms with Crippen LogP contribution in [0.1, 0.15) is 19.8 Å². The highest BCUT2D eigenvalue weighted by atomic mass is 16.3. The zero-order chi connectivity index (χ0) is 12.1. The molecule has 0 bridgehead atoms. The first-order valence-electron chi connectivity index (χ1n) is 5.64. The maximum atomic E-state index is 11.7. The molecule has 0 radical (unpaired) electrons. The quantitative estimate of drug-likeness (QED) is 0.501. The molecule has 1 aliphatic rings. The highest BCUT2D eigenvalue weighted by Gasteiger charge is 2.30. The van der Waals surface area contributed by atoms with Crippen LogP contribution in [0.3, 0.4) is 0 Å². The molecule has 1 saturated heterocycles. The van der Waals surface area contributed by atoms with Crippen LogP contribution < -0.4 is 16.4 Å². The van der Waals surface area contributed by atoms with Gasteiger partial charge in [-0.25, -0.2) is 0 Å². The molecule has 0 aliphatic carbocycles. The van der Waals surface area contributed by atoms with Crippen molar-refractivity contribution in [2.45, 2.75) is 31.9 Å². The van der Waals surface area contributed by atoms with Gasteiger partial charge in [-0.15, -0.1) is 0 Å². The standard InChI is InChI=1S/C11H21N3O2/c1-7(12)6-14-11(16)8(2)10(15)9-4-3-5-13-9/h8-10,13,15H,1,3-6,12H2,2H3,(H,14,16). The SMILES string of the molecule is C=C(N)CNC(=O)C(C)C(O)C1CCCN1. The third kappa shape index (κ3) is 3.50. The van der Waals surface area contributed by atoms with Crippen molar-refractivity contribution in [1.29, 1.82) is 0 Å². The molecule has 1 fully saturated rings. The Hall–Kier alpha value is -1.07. The number of aliphatic hydroxyl groups is 1. The maximum absolute atomic E-state index is 11.7. The van der Waals surface area contributed by atoms with E-state index in [4.69, 9.17) is 5.73 Å². The summed E-state index contributed by atoms with van der Waals surface area (Å²) in [4.78, 5) is 11.7. The Labute approximate surface area is 96.1 Å². The number of rotatable bonds is 5. The van der Waals surface area contributed by atoms with Gasteiger partial charge in [0.25, 0.3) is 0 Å². The van der Waals surface area contributed by atoms with Crippen molar-refractivity contribution in [3.8, 4) is 0 Å². The molecule has 0 saturated carbocycles. The Balaban J connectivity index is 2.39. The molecular weight excluding hydrogens is 206 g/mol. The fourth-order valence-corrected chi connectivity index (χ4v) is 1.87. The number of amides is 1. The predicted molar refractivity (Wildman–Crippen MR) is 62.5 cm³/mol. The summed E-state index contributed by atoms with van der Waals surface area (Å²) >= 11 is 0. The number of nitrogens with one attached hydrogen (secondary N) is 2. The van der Waals surface area contributed by atoms with Gasteiger partial charge in [0, 0.05) is 11.7 Å². The van der Waals surface area contributed by atoms with Crippen LogP contribution in [0.4, 0.5) is 0 Å². The maximum Gasteiger partial charge on any atom is 0.225 e. The molecule has 92 valence electrons. The largest absolute Gasteiger partial charge is 0.401 e. The van der Waals surface area contributed by atoms with E-state index in [1.165, 1.54) is 0 Å². The molecule has 0 aromatic heterocycles. The smallest absolute Gasteiger partial charge is 0.225 e. The van der Waals surface area contributed by atoms with E-state index in [0.29, 0.717) is 5.70 Å². The molecule has 16 heavy (non-hydrogen) atoms. The lowest BCUT2D eigenvalue weighted by Crippen LogP contribution is -2.45. The Morgan fingerprint density at radius 2 is 2.44 bits per heavy atom. The first-order chi connectivity index (χ1) is 7.52. The van der Waals surface area contributed by atoms with Gasteiger partial charge in [0.2, 0.25) is 5.91 Å². The number of aliphatic hydroxyl groups excluding tert-OH is 1. The summed E-state index contributed by atoms with van der Waals surface area (Å²) in [6.07, 6.45) is 1.33. The molecule has 1 amide bonds. The van der Waals surface area contributed by atoms with Gasteiger partial charge >= 0.3 is 0 Å². The lowest BCUT2D eigenvalue weighted by atomic mass is 9.96. The van der Waals surface area contributed by atoms with Gasteiger partial charge in [-0.3, -0.25) is 4.79 Å². The van der Waals surface area contributed by atoms with E-state index in [0.717, 1.165) is 19.4 Å². The number of carbonyl (C=O) groups excluding carboxylic acids is 1. The van der Waals surface area contributed by atoms with Gasteiger partial charge in [-0.2, -0.15) is 0 Å². The molecule has 5 nitrogen and oxygen atoms in total. The summed E-state index contributed by atoms with van der Waals surface area (Å²) in [7, 11) is 0. The molecule has 0 aromatic rings. The lowest BCUT2D eigenvalue weighted by molar-refractivity contribution is -0.128. The Morgan fingerprint density at radius 3 is 2.94 bits per heavy atom. The number of nitrogens with two attached hydrogens (primary N) is 1. The van der Waals surface area contributed by atoms with Crippen LogP contribution in [0.5, 0.6) is 0 Å². The van der Waals surface area contributed by atoms with Gasteiger partial charge in [0.1, 0.15) is 0 Å². The van der Waals surface area contributed by atoms with Crippen LogP contribution in [0.15, 0.2) is 12.3 Å². The van der Waals surface area contributed by atoms with Crippen LogP contribution in [-0.4, -0.2) is 36.2 Å². The highest BCUT2D eigenvalue weighted by Crippen LogP contribution is 2.15. The van der Waals surface area contributed by atoms with Gasteiger partial charge < -0.3 is 21.5 Å². The second-order valence-electron chi connectivity index (χ2n) is 4.36. The summed E-state index contributed by atoms with van der Waals surface area (Å²) in [6, 6.07) is 0.0295.